The Hall–Kier alpha value is -1.15. The Bertz CT molecular complexity index is 692. The summed E-state index contributed by atoms with van der Waals surface area (Å²) in [7, 11) is -2.11. The highest BCUT2D eigenvalue weighted by molar-refractivity contribution is 7.89. The smallest absolute Gasteiger partial charge is 0.251 e. The van der Waals surface area contributed by atoms with Gasteiger partial charge >= 0.3 is 0 Å². The number of rotatable bonds is 7. The van der Waals surface area contributed by atoms with Gasteiger partial charge in [0, 0.05) is 25.2 Å². The fraction of sp³-hybridized carbons (Fsp3) is 0.588. The van der Waals surface area contributed by atoms with Crippen LogP contribution in [0.25, 0.3) is 0 Å². The van der Waals surface area contributed by atoms with E-state index in [0.29, 0.717) is 12.1 Å². The summed E-state index contributed by atoms with van der Waals surface area (Å²) in [5, 5.41) is 2.92. The predicted molar refractivity (Wildman–Crippen MR) is 104 cm³/mol. The molecule has 1 aromatic carbocycles. The topological polar surface area (TPSA) is 92.5 Å². The molecule has 0 aliphatic carbocycles. The summed E-state index contributed by atoms with van der Waals surface area (Å²) in [6.07, 6.45) is 0. The lowest BCUT2D eigenvalue weighted by atomic mass is 9.88. The van der Waals surface area contributed by atoms with Crippen LogP contribution in [0.1, 0.15) is 45.0 Å². The maximum Gasteiger partial charge on any atom is 0.251 e. The van der Waals surface area contributed by atoms with E-state index in [2.05, 4.69) is 5.32 Å². The molecule has 1 amide bonds. The first-order valence-electron chi connectivity index (χ1n) is 8.06. The van der Waals surface area contributed by atoms with Gasteiger partial charge in [0.15, 0.2) is 0 Å². The van der Waals surface area contributed by atoms with E-state index in [9.17, 15) is 13.2 Å². The Labute approximate surface area is 157 Å². The highest BCUT2D eigenvalue weighted by Gasteiger charge is 2.30. The number of hydrogen-bond acceptors (Lipinski definition) is 4. The summed E-state index contributed by atoms with van der Waals surface area (Å²) in [6.45, 7) is 9.72. The van der Waals surface area contributed by atoms with Crippen LogP contribution in [0.3, 0.4) is 0 Å². The van der Waals surface area contributed by atoms with Crippen molar-refractivity contribution in [3.63, 3.8) is 0 Å². The number of benzene rings is 1. The molecule has 0 aliphatic rings. The van der Waals surface area contributed by atoms with Crippen LogP contribution in [0.15, 0.2) is 29.2 Å². The first kappa shape index (κ1) is 23.9. The molecule has 1 atom stereocenters. The molecule has 0 radical (unpaired) electrons. The average molecular weight is 392 g/mol. The molecule has 3 N–H and O–H groups in total. The molecule has 8 heteroatoms. The van der Waals surface area contributed by atoms with E-state index in [1.807, 2.05) is 20.8 Å². The first-order chi connectivity index (χ1) is 11.0. The van der Waals surface area contributed by atoms with Crippen LogP contribution in [-0.2, 0) is 10.0 Å². The van der Waals surface area contributed by atoms with E-state index in [4.69, 9.17) is 5.73 Å². The lowest BCUT2D eigenvalue weighted by Crippen LogP contribution is -2.55. The molecule has 144 valence electrons. The minimum absolute atomic E-state index is 0. The van der Waals surface area contributed by atoms with E-state index in [1.165, 1.54) is 23.5 Å². The molecule has 0 saturated carbocycles. The third-order valence-electron chi connectivity index (χ3n) is 4.60. The molecule has 6 nitrogen and oxygen atoms in total. The Morgan fingerprint density at radius 1 is 1.28 bits per heavy atom. The SMILES string of the molecule is CC(C)N(C)S(=O)(=O)c1cccc(C(=O)NC(C)(CN)C(C)C)c1.Cl. The zero-order valence-electron chi connectivity index (χ0n) is 15.7. The maximum atomic E-state index is 12.6. The van der Waals surface area contributed by atoms with Crippen molar-refractivity contribution in [2.24, 2.45) is 11.7 Å². The van der Waals surface area contributed by atoms with Gasteiger partial charge in [0.2, 0.25) is 10.0 Å². The van der Waals surface area contributed by atoms with Gasteiger partial charge in [0.1, 0.15) is 0 Å². The van der Waals surface area contributed by atoms with Crippen LogP contribution in [0.2, 0.25) is 0 Å². The van der Waals surface area contributed by atoms with Gasteiger partial charge in [-0.25, -0.2) is 8.42 Å². The predicted octanol–water partition coefficient (Wildman–Crippen LogP) is 2.24. The quantitative estimate of drug-likeness (QED) is 0.745. The molecular formula is C17H30ClN3O3S. The van der Waals surface area contributed by atoms with Gasteiger partial charge in [-0.15, -0.1) is 12.4 Å². The van der Waals surface area contributed by atoms with Gasteiger partial charge < -0.3 is 11.1 Å². The van der Waals surface area contributed by atoms with Gasteiger partial charge in [-0.2, -0.15) is 4.31 Å². The number of carbonyl (C=O) groups excluding carboxylic acids is 1. The molecule has 0 aliphatic heterocycles. The molecule has 0 bridgehead atoms. The third kappa shape index (κ3) is 5.41. The van der Waals surface area contributed by atoms with Gasteiger partial charge in [0.05, 0.1) is 10.4 Å². The van der Waals surface area contributed by atoms with Crippen molar-refractivity contribution in [3.8, 4) is 0 Å². The van der Waals surface area contributed by atoms with Gasteiger partial charge in [-0.3, -0.25) is 4.79 Å². The molecule has 1 rings (SSSR count). The molecule has 0 fully saturated rings. The highest BCUT2D eigenvalue weighted by Crippen LogP contribution is 2.20. The largest absolute Gasteiger partial charge is 0.345 e. The number of nitrogens with two attached hydrogens (primary N) is 1. The van der Waals surface area contributed by atoms with E-state index >= 15 is 0 Å². The fourth-order valence-corrected chi connectivity index (χ4v) is 3.42. The Balaban J connectivity index is 0.00000576. The third-order valence-corrected chi connectivity index (χ3v) is 6.63. The molecular weight excluding hydrogens is 362 g/mol. The van der Waals surface area contributed by atoms with Crippen LogP contribution in [0.5, 0.6) is 0 Å². The fourth-order valence-electron chi connectivity index (χ4n) is 2.00. The number of carbonyl (C=O) groups is 1. The molecule has 1 unspecified atom stereocenters. The molecule has 25 heavy (non-hydrogen) atoms. The van der Waals surface area contributed by atoms with Crippen molar-refractivity contribution < 1.29 is 13.2 Å². The van der Waals surface area contributed by atoms with E-state index in [1.54, 1.807) is 26.0 Å². The lowest BCUT2D eigenvalue weighted by molar-refractivity contribution is 0.0883. The van der Waals surface area contributed by atoms with Crippen molar-refractivity contribution in [1.82, 2.24) is 9.62 Å². The number of amides is 1. The second-order valence-corrected chi connectivity index (χ2v) is 8.87. The van der Waals surface area contributed by atoms with E-state index in [0.717, 1.165) is 0 Å². The summed E-state index contributed by atoms with van der Waals surface area (Å²) in [6, 6.07) is 5.90. The molecule has 0 heterocycles. The van der Waals surface area contributed by atoms with Crippen LogP contribution < -0.4 is 11.1 Å². The lowest BCUT2D eigenvalue weighted by Gasteiger charge is -2.33. The van der Waals surface area contributed by atoms with E-state index < -0.39 is 15.6 Å². The van der Waals surface area contributed by atoms with Crippen molar-refractivity contribution in [2.75, 3.05) is 13.6 Å². The Morgan fingerprint density at radius 3 is 2.28 bits per heavy atom. The number of hydrogen-bond donors (Lipinski definition) is 2. The second kappa shape index (κ2) is 8.98. The minimum atomic E-state index is -3.63. The summed E-state index contributed by atoms with van der Waals surface area (Å²) in [5.41, 5.74) is 5.53. The van der Waals surface area contributed by atoms with Crippen molar-refractivity contribution in [1.29, 1.82) is 0 Å². The molecule has 1 aromatic rings. The maximum absolute atomic E-state index is 12.6. The van der Waals surface area contributed by atoms with Crippen molar-refractivity contribution in [3.05, 3.63) is 29.8 Å². The minimum Gasteiger partial charge on any atom is -0.345 e. The molecule has 0 spiro atoms. The summed E-state index contributed by atoms with van der Waals surface area (Å²) >= 11 is 0. The van der Waals surface area contributed by atoms with Crippen LogP contribution >= 0.6 is 12.4 Å². The normalized spacial score (nSPS) is 14.3. The van der Waals surface area contributed by atoms with Gasteiger partial charge in [0.25, 0.3) is 5.91 Å². The Kier molecular flexibility index (Phi) is 8.57. The van der Waals surface area contributed by atoms with Crippen molar-refractivity contribution >= 4 is 28.3 Å². The highest BCUT2D eigenvalue weighted by atomic mass is 35.5. The number of nitrogens with zero attached hydrogens (tertiary/aromatic N) is 1. The number of sulfonamides is 1. The first-order valence-corrected chi connectivity index (χ1v) is 9.50. The van der Waals surface area contributed by atoms with Gasteiger partial charge in [-0.1, -0.05) is 19.9 Å². The number of halogens is 1. The standard InChI is InChI=1S/C17H29N3O3S.ClH/c1-12(2)17(5,11-18)19-16(21)14-8-7-9-15(10-14)24(22,23)20(6)13(3)4;/h7-10,12-13H,11,18H2,1-6H3,(H,19,21);1H. The second-order valence-electron chi connectivity index (χ2n) is 6.87. The average Bonchev–Trinajstić information content (AvgIpc) is 2.53. The molecule has 0 saturated heterocycles. The van der Waals surface area contributed by atoms with Gasteiger partial charge in [-0.05, 0) is 44.9 Å². The monoisotopic (exact) mass is 391 g/mol. The van der Waals surface area contributed by atoms with Crippen molar-refractivity contribution in [2.45, 2.75) is 51.1 Å². The number of nitrogens with one attached hydrogen (secondary N) is 1. The van der Waals surface area contributed by atoms with E-state index in [-0.39, 0.29) is 35.2 Å². The molecule has 0 aromatic heterocycles. The summed E-state index contributed by atoms with van der Waals surface area (Å²) < 4.78 is 26.4. The van der Waals surface area contributed by atoms with Crippen LogP contribution in [-0.4, -0.2) is 43.8 Å². The zero-order valence-corrected chi connectivity index (χ0v) is 17.4. The summed E-state index contributed by atoms with van der Waals surface area (Å²) in [4.78, 5) is 12.6. The zero-order chi connectivity index (χ0) is 18.7. The van der Waals surface area contributed by atoms with Crippen LogP contribution in [0, 0.1) is 5.92 Å². The summed E-state index contributed by atoms with van der Waals surface area (Å²) in [5.74, 6) is -0.189. The Morgan fingerprint density at radius 2 is 1.84 bits per heavy atom. The van der Waals surface area contributed by atoms with Crippen LogP contribution in [0.4, 0.5) is 0 Å².